The standard InChI is InChI=1S/C71H79N9O18S/c1-41-48(45-18-19-49(75-57(45)63(88)89)43-29-47-46(11-10-13-50(47)73-31-43)62(87)77-66-76-51-12-7-8-14-53(51)99-66)32-74-80(41)40-70-35-68(2)34-69(3,36-70)38-71(37-68,39-70)96-26-24-78(4)67(92)95-33-42-16-17-44(30-52(42)97-65-60(86)58(84)59(85)61(98-65)64(90)91)94-28-27-93-25-22-72-54(81)15-6-5-9-23-79-55(82)20-21-56(79)83/h7-8,10-14,16-21,29-32,58-61,65,84-86H,5-6,9,15,22-28,33-40H2,1-4H3,(H,72,81)(H,88,89)(H,90,91)(H,76,77,87)/t58-,59-,60+,61-,65+,68?,69?,70?,71?/m0/s1. The van der Waals surface area contributed by atoms with Crippen LogP contribution in [0.15, 0.2) is 103 Å². The molecule has 4 aromatic heterocycles. The van der Waals surface area contributed by atoms with Gasteiger partial charge in [-0.15, -0.1) is 0 Å². The summed E-state index contributed by atoms with van der Waals surface area (Å²) in [5.41, 5.74) is 3.66. The molecule has 5 fully saturated rings. The fourth-order valence-electron chi connectivity index (χ4n) is 15.8. The first-order valence-electron chi connectivity index (χ1n) is 33.0. The second-order valence-corrected chi connectivity index (χ2v) is 28.4. The molecule has 0 spiro atoms. The number of hydrogen-bond acceptors (Lipinski definition) is 21. The number of hydrogen-bond donors (Lipinski definition) is 7. The first-order valence-corrected chi connectivity index (χ1v) is 33.8. The number of carboxylic acids is 2. The number of benzene rings is 3. The average molecular weight is 1380 g/mol. The van der Waals surface area contributed by atoms with E-state index in [0.717, 1.165) is 54.4 Å². The third-order valence-corrected chi connectivity index (χ3v) is 20.2. The first kappa shape index (κ1) is 69.6. The van der Waals surface area contributed by atoms with Crippen LogP contribution in [0.5, 0.6) is 11.5 Å². The highest BCUT2D eigenvalue weighted by Gasteiger charge is 2.66. The van der Waals surface area contributed by atoms with E-state index in [0.29, 0.717) is 76.3 Å². The summed E-state index contributed by atoms with van der Waals surface area (Å²) >= 11 is 1.37. The van der Waals surface area contributed by atoms with E-state index in [2.05, 4.69) is 34.4 Å². The Morgan fingerprint density at radius 3 is 2.31 bits per heavy atom. The molecule has 7 N–H and O–H groups in total. The zero-order valence-corrected chi connectivity index (χ0v) is 56.0. The zero-order valence-electron chi connectivity index (χ0n) is 55.2. The second-order valence-electron chi connectivity index (χ2n) is 27.3. The normalized spacial score (nSPS) is 24.6. The van der Waals surface area contributed by atoms with Crippen LogP contribution in [0, 0.1) is 23.2 Å². The Morgan fingerprint density at radius 2 is 1.56 bits per heavy atom. The van der Waals surface area contributed by atoms with Gasteiger partial charge < -0.3 is 64.2 Å². The highest BCUT2D eigenvalue weighted by Crippen LogP contribution is 2.72. The summed E-state index contributed by atoms with van der Waals surface area (Å²) in [7, 11) is 1.58. The highest BCUT2D eigenvalue weighted by molar-refractivity contribution is 7.22. The Balaban J connectivity index is 0.655. The summed E-state index contributed by atoms with van der Waals surface area (Å²) in [6.45, 7) is 8.00. The zero-order chi connectivity index (χ0) is 70.0. The Labute approximate surface area is 573 Å². The molecule has 1 saturated heterocycles. The number of ether oxygens (including phenoxy) is 6. The number of rotatable bonds is 29. The van der Waals surface area contributed by atoms with Gasteiger partial charge in [-0.25, -0.2) is 24.4 Å². The summed E-state index contributed by atoms with van der Waals surface area (Å²) < 4.78 is 38.6. The third-order valence-electron chi connectivity index (χ3n) is 19.3. The van der Waals surface area contributed by atoms with E-state index in [1.165, 1.54) is 45.4 Å². The van der Waals surface area contributed by atoms with E-state index in [1.54, 1.807) is 61.9 Å². The van der Waals surface area contributed by atoms with Gasteiger partial charge in [0.15, 0.2) is 16.9 Å². The second kappa shape index (κ2) is 28.9. The number of thiazole rings is 1. The van der Waals surface area contributed by atoms with Crippen molar-refractivity contribution in [3.8, 4) is 33.9 Å². The minimum atomic E-state index is -1.97. The van der Waals surface area contributed by atoms with Crippen molar-refractivity contribution in [1.82, 2.24) is 39.8 Å². The van der Waals surface area contributed by atoms with Gasteiger partial charge in [-0.05, 0) is 129 Å². The summed E-state index contributed by atoms with van der Waals surface area (Å²) in [4.78, 5) is 105. The van der Waals surface area contributed by atoms with E-state index in [1.807, 2.05) is 35.9 Å². The number of carbonyl (C=O) groups excluding carboxylic acids is 5. The molecule has 4 bridgehead atoms. The van der Waals surface area contributed by atoms with Crippen LogP contribution in [0.2, 0.25) is 0 Å². The van der Waals surface area contributed by atoms with Gasteiger partial charge in [-0.2, -0.15) is 5.10 Å². The number of imide groups is 1. The molecule has 99 heavy (non-hydrogen) atoms. The molecule has 7 atom stereocenters. The molecule has 6 heterocycles. The molecular formula is C71H79N9O18S. The maximum atomic E-state index is 13.8. The minimum absolute atomic E-state index is 0.0346. The summed E-state index contributed by atoms with van der Waals surface area (Å²) in [6, 6.07) is 22.7. The lowest BCUT2D eigenvalue weighted by molar-refractivity contribution is -0.271. The lowest BCUT2D eigenvalue weighted by atomic mass is 9.39. The van der Waals surface area contributed by atoms with Crippen molar-refractivity contribution < 1.29 is 87.5 Å². The Hall–Kier alpha value is -9.29. The van der Waals surface area contributed by atoms with Crippen LogP contribution < -0.4 is 20.1 Å². The largest absolute Gasteiger partial charge is 0.491 e. The van der Waals surface area contributed by atoms with Crippen LogP contribution in [-0.2, 0) is 51.3 Å². The van der Waals surface area contributed by atoms with Crippen LogP contribution in [-0.4, -0.2) is 191 Å². The molecule has 4 saturated carbocycles. The average Bonchev–Trinajstić information content (AvgIpc) is 0.802. The van der Waals surface area contributed by atoms with E-state index in [9.17, 15) is 59.1 Å². The molecule has 27 nitrogen and oxygen atoms in total. The van der Waals surface area contributed by atoms with Crippen LogP contribution in [0.1, 0.15) is 110 Å². The topological polar surface area (TPSA) is 363 Å². The van der Waals surface area contributed by atoms with Gasteiger partial charge in [-0.3, -0.25) is 39.1 Å². The molecule has 5 amide bonds. The molecule has 7 aromatic rings. The number of aliphatic carboxylic acids is 1. The predicted molar refractivity (Wildman–Crippen MR) is 358 cm³/mol. The van der Waals surface area contributed by atoms with Crippen LogP contribution >= 0.6 is 11.3 Å². The molecule has 522 valence electrons. The quantitative estimate of drug-likeness (QED) is 0.0174. The predicted octanol–water partition coefficient (Wildman–Crippen LogP) is 7.70. The van der Waals surface area contributed by atoms with E-state index < -0.39 is 54.3 Å². The smallest absolute Gasteiger partial charge is 0.409 e. The van der Waals surface area contributed by atoms with Crippen molar-refractivity contribution in [2.75, 3.05) is 58.4 Å². The molecule has 13 rings (SSSR count). The van der Waals surface area contributed by atoms with Gasteiger partial charge in [0.05, 0.1) is 53.0 Å². The molecule has 2 aliphatic heterocycles. The number of anilines is 1. The molecular weight excluding hydrogens is 1300 g/mol. The molecule has 6 aliphatic rings. The number of aromatic nitrogens is 5. The van der Waals surface area contributed by atoms with E-state index in [4.69, 9.17) is 38.5 Å². The van der Waals surface area contributed by atoms with Crippen LogP contribution in [0.4, 0.5) is 9.93 Å². The van der Waals surface area contributed by atoms with Crippen molar-refractivity contribution in [3.63, 3.8) is 0 Å². The van der Waals surface area contributed by atoms with Crippen molar-refractivity contribution in [3.05, 3.63) is 126 Å². The summed E-state index contributed by atoms with van der Waals surface area (Å²) in [6.07, 6.45) is 2.91. The molecule has 28 heteroatoms. The highest BCUT2D eigenvalue weighted by atomic mass is 32.1. The van der Waals surface area contributed by atoms with Crippen molar-refractivity contribution in [1.29, 1.82) is 0 Å². The third kappa shape index (κ3) is 15.5. The van der Waals surface area contributed by atoms with E-state index in [-0.39, 0.29) is 115 Å². The van der Waals surface area contributed by atoms with E-state index >= 15 is 0 Å². The fraction of sp³-hybridized carbons (Fsp3) is 0.451. The molecule has 4 aliphatic carbocycles. The molecule has 3 aromatic carbocycles. The number of nitrogens with zero attached hydrogens (tertiary/aromatic N) is 7. The minimum Gasteiger partial charge on any atom is -0.491 e. The van der Waals surface area contributed by atoms with Crippen molar-refractivity contribution in [2.24, 2.45) is 16.2 Å². The number of aliphatic hydroxyl groups is 3. The number of pyridine rings is 2. The lowest BCUT2D eigenvalue weighted by Crippen LogP contribution is -2.64. The SMILES string of the molecule is Cc1c(-c2ccc(-c3cnc4cccc(C(=O)Nc5nc6ccccc6s5)c4c3)nc2C(=O)O)cnn1CC12CC3(C)CC(C)(C1)CC(OCCN(C)C(=O)OCc1ccc(OCCOCCNC(=O)CCCCCN4C(=O)C=CC4=O)cc1O[C@@H]1O[C@H](C(=O)O)[C@@H](O)[C@H](O)[C@H]1O)(C3)C2. The Kier molecular flexibility index (Phi) is 20.3. The van der Waals surface area contributed by atoms with Crippen molar-refractivity contribution in [2.45, 2.75) is 134 Å². The van der Waals surface area contributed by atoms with Crippen molar-refractivity contribution >= 4 is 79.2 Å². The number of unbranched alkanes of at least 4 members (excludes halogenated alkanes) is 2. The molecule has 2 unspecified atom stereocenters. The van der Waals surface area contributed by atoms with Gasteiger partial charge >= 0.3 is 18.0 Å². The summed E-state index contributed by atoms with van der Waals surface area (Å²) in [5, 5.41) is 63.9. The summed E-state index contributed by atoms with van der Waals surface area (Å²) in [5.74, 6) is -3.86. The fourth-order valence-corrected chi connectivity index (χ4v) is 16.7. The maximum absolute atomic E-state index is 13.8. The number of likely N-dealkylation sites (N-methyl/N-ethyl adjacent to an activating group) is 1. The van der Waals surface area contributed by atoms with Gasteiger partial charge in [0.25, 0.3) is 17.7 Å². The number of amides is 5. The van der Waals surface area contributed by atoms with Gasteiger partial charge in [0, 0.05) is 103 Å². The Bertz CT molecular complexity index is 4220. The maximum Gasteiger partial charge on any atom is 0.409 e. The van der Waals surface area contributed by atoms with Crippen LogP contribution in [0.25, 0.3) is 43.5 Å². The molecule has 0 radical (unpaired) electrons. The number of fused-ring (bicyclic) bond motifs is 2. The van der Waals surface area contributed by atoms with Gasteiger partial charge in [0.1, 0.15) is 43.0 Å². The number of carboxylic acid groups (broad SMARTS) is 2. The van der Waals surface area contributed by atoms with Gasteiger partial charge in [-0.1, -0.05) is 49.8 Å². The Morgan fingerprint density at radius 1 is 0.788 bits per heavy atom. The van der Waals surface area contributed by atoms with Crippen LogP contribution in [0.3, 0.4) is 0 Å². The number of carbonyl (C=O) groups is 7. The number of nitrogens with one attached hydrogen (secondary N) is 2. The first-order chi connectivity index (χ1) is 47.4. The number of aliphatic hydroxyl groups excluding tert-OH is 3. The van der Waals surface area contributed by atoms with Gasteiger partial charge in [0.2, 0.25) is 12.2 Å². The monoisotopic (exact) mass is 1380 g/mol. The lowest BCUT2D eigenvalue weighted by Gasteiger charge is -2.69. The number of para-hydroxylation sites is 1. The number of aromatic carboxylic acids is 1.